The van der Waals surface area contributed by atoms with Gasteiger partial charge in [-0.2, -0.15) is 0 Å². The monoisotopic (exact) mass is 244 g/mol. The highest BCUT2D eigenvalue weighted by Gasteiger charge is 2.25. The topological polar surface area (TPSA) is 17.1 Å². The van der Waals surface area contributed by atoms with E-state index in [1.54, 1.807) is 0 Å². The molecule has 1 heteroatoms. The highest BCUT2D eigenvalue weighted by atomic mass is 16.1. The van der Waals surface area contributed by atoms with Crippen molar-refractivity contribution in [2.75, 3.05) is 0 Å². The number of benzene rings is 1. The van der Waals surface area contributed by atoms with E-state index in [0.29, 0.717) is 18.1 Å². The molecule has 1 aliphatic carbocycles. The highest BCUT2D eigenvalue weighted by Crippen LogP contribution is 2.32. The minimum Gasteiger partial charge on any atom is -0.299 e. The third-order valence-corrected chi connectivity index (χ3v) is 4.31. The lowest BCUT2D eigenvalue weighted by atomic mass is 9.77. The third kappa shape index (κ3) is 3.44. The summed E-state index contributed by atoms with van der Waals surface area (Å²) in [6.45, 7) is 4.33. The van der Waals surface area contributed by atoms with Gasteiger partial charge in [0, 0.05) is 12.3 Å². The quantitative estimate of drug-likeness (QED) is 0.770. The van der Waals surface area contributed by atoms with Crippen LogP contribution >= 0.6 is 0 Å². The number of ketones is 1. The molecule has 18 heavy (non-hydrogen) atoms. The van der Waals surface area contributed by atoms with Gasteiger partial charge < -0.3 is 0 Å². The van der Waals surface area contributed by atoms with E-state index < -0.39 is 0 Å². The summed E-state index contributed by atoms with van der Waals surface area (Å²) in [5.74, 6) is 1.56. The summed E-state index contributed by atoms with van der Waals surface area (Å²) in [6.07, 6.45) is 6.66. The van der Waals surface area contributed by atoms with Gasteiger partial charge in [-0.1, -0.05) is 56.0 Å². The number of Topliss-reactive ketones (excluding diaryl/α,β-unsaturated/α-hetero) is 1. The lowest BCUT2D eigenvalue weighted by Gasteiger charge is -2.27. The van der Waals surface area contributed by atoms with Gasteiger partial charge in [-0.3, -0.25) is 4.79 Å². The van der Waals surface area contributed by atoms with Crippen LogP contribution in [0.3, 0.4) is 0 Å². The maximum atomic E-state index is 12.3. The maximum Gasteiger partial charge on any atom is 0.140 e. The average Bonchev–Trinajstić information content (AvgIpc) is 2.41. The Morgan fingerprint density at radius 2 is 1.94 bits per heavy atom. The number of carbonyl (C=O) groups is 1. The van der Waals surface area contributed by atoms with E-state index in [4.69, 9.17) is 0 Å². The molecule has 1 aromatic rings. The molecule has 0 spiro atoms. The lowest BCUT2D eigenvalue weighted by Crippen LogP contribution is -2.24. The normalized spacial score (nSPS) is 23.9. The molecule has 0 aromatic heterocycles. The van der Waals surface area contributed by atoms with Gasteiger partial charge in [-0.15, -0.1) is 0 Å². The Bertz CT molecular complexity index is 391. The van der Waals surface area contributed by atoms with Crippen molar-refractivity contribution in [1.29, 1.82) is 0 Å². The Hall–Kier alpha value is -1.11. The first-order valence-electron chi connectivity index (χ1n) is 7.27. The van der Waals surface area contributed by atoms with Gasteiger partial charge in [0.05, 0.1) is 0 Å². The predicted molar refractivity (Wildman–Crippen MR) is 75.6 cm³/mol. The molecular weight excluding hydrogens is 220 g/mol. The Kier molecular flexibility index (Phi) is 4.57. The zero-order valence-corrected chi connectivity index (χ0v) is 11.6. The molecule has 1 nitrogen and oxygen atoms in total. The van der Waals surface area contributed by atoms with Crippen LogP contribution in [0.5, 0.6) is 0 Å². The molecule has 0 radical (unpaired) electrons. The largest absolute Gasteiger partial charge is 0.299 e. The Balaban J connectivity index is 1.93. The van der Waals surface area contributed by atoms with Crippen LogP contribution in [0.2, 0.25) is 0 Å². The summed E-state index contributed by atoms with van der Waals surface area (Å²) in [4.78, 5) is 12.3. The molecule has 2 rings (SSSR count). The van der Waals surface area contributed by atoms with Crippen LogP contribution in [0.4, 0.5) is 0 Å². The summed E-state index contributed by atoms with van der Waals surface area (Å²) in [6, 6.07) is 8.37. The molecule has 1 aromatic carbocycles. The fourth-order valence-electron chi connectivity index (χ4n) is 3.01. The molecule has 0 N–H and O–H groups in total. The molecule has 0 aliphatic heterocycles. The molecule has 2 atom stereocenters. The van der Waals surface area contributed by atoms with Crippen LogP contribution in [0.15, 0.2) is 24.3 Å². The average molecular weight is 244 g/mol. The first-order valence-corrected chi connectivity index (χ1v) is 7.27. The molecule has 2 unspecified atom stereocenters. The number of carbonyl (C=O) groups excluding carboxylic acids is 1. The minimum absolute atomic E-state index is 0.324. The second kappa shape index (κ2) is 6.17. The summed E-state index contributed by atoms with van der Waals surface area (Å²) in [5, 5.41) is 0. The molecule has 0 saturated heterocycles. The van der Waals surface area contributed by atoms with E-state index in [1.807, 2.05) is 0 Å². The first-order chi connectivity index (χ1) is 8.69. The molecule has 1 fully saturated rings. The molecule has 1 saturated carbocycles. The SMILES string of the molecule is CCC1CCCC(C(=O)Cc2ccc(C)cc2)C1. The first kappa shape index (κ1) is 13.3. The molecule has 0 bridgehead atoms. The molecule has 0 heterocycles. The van der Waals surface area contributed by atoms with Crippen LogP contribution < -0.4 is 0 Å². The molecule has 98 valence electrons. The van der Waals surface area contributed by atoms with Gasteiger partial charge in [0.1, 0.15) is 5.78 Å². The van der Waals surface area contributed by atoms with Crippen molar-refractivity contribution in [3.8, 4) is 0 Å². The maximum absolute atomic E-state index is 12.3. The van der Waals surface area contributed by atoms with Gasteiger partial charge in [-0.25, -0.2) is 0 Å². The van der Waals surface area contributed by atoms with Gasteiger partial charge in [0.25, 0.3) is 0 Å². The van der Waals surface area contributed by atoms with Crippen molar-refractivity contribution in [1.82, 2.24) is 0 Å². The van der Waals surface area contributed by atoms with Crippen molar-refractivity contribution >= 4 is 5.78 Å². The summed E-state index contributed by atoms with van der Waals surface area (Å²) >= 11 is 0. The second-order valence-corrected chi connectivity index (χ2v) is 5.77. The number of hydrogen-bond donors (Lipinski definition) is 0. The minimum atomic E-state index is 0.324. The molecular formula is C17H24O. The van der Waals surface area contributed by atoms with Crippen LogP contribution in [0.1, 0.15) is 50.2 Å². The van der Waals surface area contributed by atoms with Gasteiger partial charge in [0.15, 0.2) is 0 Å². The smallest absolute Gasteiger partial charge is 0.140 e. The zero-order chi connectivity index (χ0) is 13.0. The molecule has 0 amide bonds. The van der Waals surface area contributed by atoms with Crippen molar-refractivity contribution in [2.24, 2.45) is 11.8 Å². The summed E-state index contributed by atoms with van der Waals surface area (Å²) in [7, 11) is 0. The zero-order valence-electron chi connectivity index (χ0n) is 11.6. The lowest BCUT2D eigenvalue weighted by molar-refractivity contribution is -0.123. The highest BCUT2D eigenvalue weighted by molar-refractivity contribution is 5.83. The Labute approximate surface area is 111 Å². The van der Waals surface area contributed by atoms with Crippen molar-refractivity contribution in [3.05, 3.63) is 35.4 Å². The van der Waals surface area contributed by atoms with Crippen LogP contribution in [0, 0.1) is 18.8 Å². The van der Waals surface area contributed by atoms with E-state index in [1.165, 1.54) is 30.4 Å². The van der Waals surface area contributed by atoms with Crippen LogP contribution in [-0.2, 0) is 11.2 Å². The van der Waals surface area contributed by atoms with E-state index in [2.05, 4.69) is 38.1 Å². The van der Waals surface area contributed by atoms with Crippen molar-refractivity contribution in [3.63, 3.8) is 0 Å². The Morgan fingerprint density at radius 3 is 2.61 bits per heavy atom. The number of aryl methyl sites for hydroxylation is 1. The van der Waals surface area contributed by atoms with E-state index in [0.717, 1.165) is 18.8 Å². The van der Waals surface area contributed by atoms with Crippen molar-refractivity contribution < 1.29 is 4.79 Å². The standard InChI is InChI=1S/C17H24O/c1-3-14-5-4-6-16(11-14)17(18)12-15-9-7-13(2)8-10-15/h7-10,14,16H,3-6,11-12H2,1-2H3. The number of hydrogen-bond acceptors (Lipinski definition) is 1. The Morgan fingerprint density at radius 1 is 1.22 bits per heavy atom. The molecule has 1 aliphatic rings. The van der Waals surface area contributed by atoms with Gasteiger partial charge in [0.2, 0.25) is 0 Å². The summed E-state index contributed by atoms with van der Waals surface area (Å²) in [5.41, 5.74) is 2.43. The summed E-state index contributed by atoms with van der Waals surface area (Å²) < 4.78 is 0. The fraction of sp³-hybridized carbons (Fsp3) is 0.588. The number of rotatable bonds is 4. The van der Waals surface area contributed by atoms with E-state index in [9.17, 15) is 4.79 Å². The van der Waals surface area contributed by atoms with Crippen LogP contribution in [0.25, 0.3) is 0 Å². The second-order valence-electron chi connectivity index (χ2n) is 5.77. The van der Waals surface area contributed by atoms with Crippen LogP contribution in [-0.4, -0.2) is 5.78 Å². The van der Waals surface area contributed by atoms with Crippen molar-refractivity contribution in [2.45, 2.75) is 52.4 Å². The fourth-order valence-corrected chi connectivity index (χ4v) is 3.01. The predicted octanol–water partition coefficient (Wildman–Crippen LogP) is 4.32. The third-order valence-electron chi connectivity index (χ3n) is 4.31. The van der Waals surface area contributed by atoms with Gasteiger partial charge in [-0.05, 0) is 31.2 Å². The van der Waals surface area contributed by atoms with E-state index >= 15 is 0 Å². The van der Waals surface area contributed by atoms with E-state index in [-0.39, 0.29) is 0 Å². The van der Waals surface area contributed by atoms with Gasteiger partial charge >= 0.3 is 0 Å².